The minimum absolute atomic E-state index is 1.08. The van der Waals surface area contributed by atoms with Crippen molar-refractivity contribution in [2.75, 3.05) is 11.9 Å². The van der Waals surface area contributed by atoms with E-state index in [0.29, 0.717) is 0 Å². The number of hydrogen-bond acceptors (Lipinski definition) is 2. The van der Waals surface area contributed by atoms with E-state index in [1.807, 2.05) is 19.2 Å². The summed E-state index contributed by atoms with van der Waals surface area (Å²) in [6.07, 6.45) is 9.96. The van der Waals surface area contributed by atoms with Crippen LogP contribution in [-0.2, 0) is 0 Å². The summed E-state index contributed by atoms with van der Waals surface area (Å²) in [4.78, 5) is 4.18. The van der Waals surface area contributed by atoms with Crippen molar-refractivity contribution in [3.05, 3.63) is 24.0 Å². The Labute approximate surface area is 99.5 Å². The highest BCUT2D eigenvalue weighted by Gasteiger charge is 1.93. The Morgan fingerprint density at radius 2 is 1.88 bits per heavy atom. The zero-order valence-corrected chi connectivity index (χ0v) is 10.6. The van der Waals surface area contributed by atoms with E-state index in [4.69, 9.17) is 0 Å². The first-order valence-corrected chi connectivity index (χ1v) is 6.49. The van der Waals surface area contributed by atoms with Crippen molar-refractivity contribution >= 4 is 5.69 Å². The monoisotopic (exact) mass is 220 g/mol. The summed E-state index contributed by atoms with van der Waals surface area (Å²) in [6, 6.07) is 4.13. The zero-order chi connectivity index (χ0) is 11.6. The van der Waals surface area contributed by atoms with Gasteiger partial charge in [0.25, 0.3) is 0 Å². The number of pyridine rings is 1. The lowest BCUT2D eigenvalue weighted by molar-refractivity contribution is 0.617. The van der Waals surface area contributed by atoms with Crippen molar-refractivity contribution in [1.82, 2.24) is 4.98 Å². The smallest absolute Gasteiger partial charge is 0.0393 e. The first-order valence-electron chi connectivity index (χ1n) is 6.49. The Balaban J connectivity index is 2.03. The van der Waals surface area contributed by atoms with Crippen LogP contribution in [0.2, 0.25) is 0 Å². The minimum atomic E-state index is 1.08. The number of hydrogen-bond donors (Lipinski definition) is 1. The number of nitrogens with zero attached hydrogens (tertiary/aromatic N) is 1. The molecule has 0 saturated heterocycles. The van der Waals surface area contributed by atoms with Crippen molar-refractivity contribution < 1.29 is 0 Å². The number of anilines is 1. The quantitative estimate of drug-likeness (QED) is 0.665. The van der Waals surface area contributed by atoms with Crippen LogP contribution in [0.3, 0.4) is 0 Å². The topological polar surface area (TPSA) is 24.9 Å². The van der Waals surface area contributed by atoms with Crippen LogP contribution in [0.1, 0.15) is 51.1 Å². The molecule has 0 unspecified atom stereocenters. The summed E-state index contributed by atoms with van der Waals surface area (Å²) in [5.41, 5.74) is 2.27. The summed E-state index contributed by atoms with van der Waals surface area (Å²) in [5, 5.41) is 3.44. The third kappa shape index (κ3) is 5.74. The van der Waals surface area contributed by atoms with Gasteiger partial charge in [0, 0.05) is 24.1 Å². The third-order valence-corrected chi connectivity index (χ3v) is 2.76. The predicted octanol–water partition coefficient (Wildman–Crippen LogP) is 4.16. The molecule has 0 atom stereocenters. The van der Waals surface area contributed by atoms with Crippen molar-refractivity contribution in [2.24, 2.45) is 0 Å². The lowest BCUT2D eigenvalue weighted by atomic mass is 10.1. The van der Waals surface area contributed by atoms with Gasteiger partial charge in [-0.1, -0.05) is 39.0 Å². The summed E-state index contributed by atoms with van der Waals surface area (Å²) < 4.78 is 0. The van der Waals surface area contributed by atoms with Gasteiger partial charge in [0.05, 0.1) is 0 Å². The molecule has 0 aliphatic heterocycles. The largest absolute Gasteiger partial charge is 0.385 e. The van der Waals surface area contributed by atoms with E-state index in [1.165, 1.54) is 44.2 Å². The van der Waals surface area contributed by atoms with Crippen LogP contribution in [0.25, 0.3) is 0 Å². The summed E-state index contributed by atoms with van der Waals surface area (Å²) in [7, 11) is 0. The zero-order valence-electron chi connectivity index (χ0n) is 10.6. The molecule has 0 aliphatic carbocycles. The predicted molar refractivity (Wildman–Crippen MR) is 70.8 cm³/mol. The molecule has 1 N–H and O–H groups in total. The van der Waals surface area contributed by atoms with Gasteiger partial charge in [0.15, 0.2) is 0 Å². The lowest BCUT2D eigenvalue weighted by Crippen LogP contribution is -2.01. The second-order valence-electron chi connectivity index (χ2n) is 4.38. The van der Waals surface area contributed by atoms with E-state index in [9.17, 15) is 0 Å². The van der Waals surface area contributed by atoms with E-state index in [1.54, 1.807) is 0 Å². The fourth-order valence-corrected chi connectivity index (χ4v) is 1.79. The number of nitrogens with one attached hydrogen (secondary N) is 1. The van der Waals surface area contributed by atoms with Gasteiger partial charge in [-0.25, -0.2) is 0 Å². The van der Waals surface area contributed by atoms with Gasteiger partial charge in [0.2, 0.25) is 0 Å². The van der Waals surface area contributed by atoms with Crippen LogP contribution in [-0.4, -0.2) is 11.5 Å². The highest BCUT2D eigenvalue weighted by molar-refractivity contribution is 5.42. The second kappa shape index (κ2) is 8.14. The summed E-state index contributed by atoms with van der Waals surface area (Å²) in [5.74, 6) is 0. The van der Waals surface area contributed by atoms with Gasteiger partial charge in [-0.3, -0.25) is 4.98 Å². The van der Waals surface area contributed by atoms with Crippen LogP contribution in [0.4, 0.5) is 5.69 Å². The van der Waals surface area contributed by atoms with E-state index in [2.05, 4.69) is 23.3 Å². The van der Waals surface area contributed by atoms with Gasteiger partial charge < -0.3 is 5.32 Å². The van der Waals surface area contributed by atoms with Gasteiger partial charge in [0.1, 0.15) is 0 Å². The maximum absolute atomic E-state index is 4.18. The molecule has 90 valence electrons. The van der Waals surface area contributed by atoms with E-state index < -0.39 is 0 Å². The summed E-state index contributed by atoms with van der Waals surface area (Å²) in [6.45, 7) is 5.36. The fourth-order valence-electron chi connectivity index (χ4n) is 1.79. The lowest BCUT2D eigenvalue weighted by Gasteiger charge is -2.06. The van der Waals surface area contributed by atoms with Crippen LogP contribution < -0.4 is 5.32 Å². The third-order valence-electron chi connectivity index (χ3n) is 2.76. The molecular weight excluding hydrogens is 196 g/mol. The average Bonchev–Trinajstić information content (AvgIpc) is 2.28. The molecule has 1 aromatic heterocycles. The van der Waals surface area contributed by atoms with Crippen molar-refractivity contribution in [3.8, 4) is 0 Å². The fraction of sp³-hybridized carbons (Fsp3) is 0.643. The SMILES string of the molecule is CCCCCCCCNc1ccnc(C)c1. The van der Waals surface area contributed by atoms with Crippen LogP contribution in [0, 0.1) is 6.92 Å². The van der Waals surface area contributed by atoms with Crippen LogP contribution in [0.15, 0.2) is 18.3 Å². The van der Waals surface area contributed by atoms with Crippen molar-refractivity contribution in [3.63, 3.8) is 0 Å². The standard InChI is InChI=1S/C14H24N2/c1-3-4-5-6-7-8-10-16-14-9-11-15-13(2)12-14/h9,11-12H,3-8,10H2,1-2H3,(H,15,16). The Morgan fingerprint density at radius 3 is 2.62 bits per heavy atom. The highest BCUT2D eigenvalue weighted by atomic mass is 14.9. The molecule has 0 spiro atoms. The number of unbranched alkanes of at least 4 members (excludes halogenated alkanes) is 5. The van der Waals surface area contributed by atoms with E-state index >= 15 is 0 Å². The average molecular weight is 220 g/mol. The van der Waals surface area contributed by atoms with E-state index in [0.717, 1.165) is 12.2 Å². The van der Waals surface area contributed by atoms with Crippen molar-refractivity contribution in [1.29, 1.82) is 0 Å². The first-order chi connectivity index (χ1) is 7.83. The van der Waals surface area contributed by atoms with Crippen molar-refractivity contribution in [2.45, 2.75) is 52.4 Å². The molecule has 0 amide bonds. The molecule has 0 radical (unpaired) electrons. The van der Waals surface area contributed by atoms with Crippen LogP contribution >= 0.6 is 0 Å². The molecule has 16 heavy (non-hydrogen) atoms. The molecule has 1 heterocycles. The maximum Gasteiger partial charge on any atom is 0.0393 e. The molecule has 0 aliphatic rings. The molecule has 0 bridgehead atoms. The number of aromatic nitrogens is 1. The van der Waals surface area contributed by atoms with Crippen LogP contribution in [0.5, 0.6) is 0 Å². The molecule has 0 aromatic carbocycles. The molecule has 0 saturated carbocycles. The Morgan fingerprint density at radius 1 is 1.12 bits per heavy atom. The molecule has 2 heteroatoms. The Bertz CT molecular complexity index is 284. The molecule has 0 fully saturated rings. The van der Waals surface area contributed by atoms with Gasteiger partial charge in [-0.2, -0.15) is 0 Å². The Hall–Kier alpha value is -1.05. The molecule has 1 rings (SSSR count). The minimum Gasteiger partial charge on any atom is -0.385 e. The maximum atomic E-state index is 4.18. The second-order valence-corrected chi connectivity index (χ2v) is 4.38. The molecule has 1 aromatic rings. The van der Waals surface area contributed by atoms with E-state index in [-0.39, 0.29) is 0 Å². The molecular formula is C14H24N2. The van der Waals surface area contributed by atoms with Gasteiger partial charge in [-0.15, -0.1) is 0 Å². The first kappa shape index (κ1) is 13.0. The molecule has 2 nitrogen and oxygen atoms in total. The number of rotatable bonds is 8. The summed E-state index contributed by atoms with van der Waals surface area (Å²) >= 11 is 0. The highest BCUT2D eigenvalue weighted by Crippen LogP contribution is 2.08. The van der Waals surface area contributed by atoms with Gasteiger partial charge >= 0.3 is 0 Å². The number of aryl methyl sites for hydroxylation is 1. The van der Waals surface area contributed by atoms with Gasteiger partial charge in [-0.05, 0) is 25.5 Å². The normalized spacial score (nSPS) is 10.4. The Kier molecular flexibility index (Phi) is 6.62.